The molecular formula is C14H16N4O3S. The molecule has 0 atom stereocenters. The standard InChI is InChI=1S/C14H16N4O3S/c1-10-15-16-14(17(10)2)22(20,21)9-13(19)18-8-7-11-5-3-4-6-12(11)18/h3-6H,7-9H2,1-2H3. The Bertz CT molecular complexity index is 842. The number of benzene rings is 1. The molecule has 2 aromatic rings. The van der Waals surface area contributed by atoms with E-state index in [4.69, 9.17) is 0 Å². The summed E-state index contributed by atoms with van der Waals surface area (Å²) < 4.78 is 26.1. The van der Waals surface area contributed by atoms with Crippen molar-refractivity contribution in [3.63, 3.8) is 0 Å². The topological polar surface area (TPSA) is 85.2 Å². The molecule has 1 aromatic carbocycles. The summed E-state index contributed by atoms with van der Waals surface area (Å²) in [6.07, 6.45) is 0.741. The fourth-order valence-corrected chi connectivity index (χ4v) is 3.89. The number of hydrogen-bond donors (Lipinski definition) is 0. The number of para-hydroxylation sites is 1. The van der Waals surface area contributed by atoms with E-state index >= 15 is 0 Å². The minimum atomic E-state index is -3.81. The van der Waals surface area contributed by atoms with Crippen molar-refractivity contribution in [2.45, 2.75) is 18.5 Å². The average molecular weight is 320 g/mol. The summed E-state index contributed by atoms with van der Waals surface area (Å²) >= 11 is 0. The molecule has 1 aliphatic heterocycles. The van der Waals surface area contributed by atoms with Crippen LogP contribution in [0.5, 0.6) is 0 Å². The van der Waals surface area contributed by atoms with Gasteiger partial charge in [0.1, 0.15) is 11.6 Å². The largest absolute Gasteiger partial charge is 0.311 e. The highest BCUT2D eigenvalue weighted by molar-refractivity contribution is 7.92. The van der Waals surface area contributed by atoms with Gasteiger partial charge in [-0.15, -0.1) is 10.2 Å². The predicted octanol–water partition coefficient (Wildman–Crippen LogP) is 0.487. The molecule has 3 rings (SSSR count). The molecule has 0 spiro atoms. The number of nitrogens with zero attached hydrogens (tertiary/aromatic N) is 4. The second-order valence-corrected chi connectivity index (χ2v) is 7.16. The zero-order valence-corrected chi connectivity index (χ0v) is 13.2. The van der Waals surface area contributed by atoms with Crippen LogP contribution in [0.3, 0.4) is 0 Å². The molecule has 7 nitrogen and oxygen atoms in total. The molecule has 0 unspecified atom stereocenters. The van der Waals surface area contributed by atoms with E-state index in [0.717, 1.165) is 17.7 Å². The number of aryl methyl sites for hydroxylation is 1. The number of fused-ring (bicyclic) bond motifs is 1. The fraction of sp³-hybridized carbons (Fsp3) is 0.357. The molecule has 0 N–H and O–H groups in total. The molecule has 1 amide bonds. The number of sulfone groups is 1. The molecule has 116 valence electrons. The zero-order valence-electron chi connectivity index (χ0n) is 12.4. The van der Waals surface area contributed by atoms with E-state index in [2.05, 4.69) is 10.2 Å². The molecule has 0 radical (unpaired) electrons. The van der Waals surface area contributed by atoms with Crippen LogP contribution in [0.1, 0.15) is 11.4 Å². The summed E-state index contributed by atoms with van der Waals surface area (Å²) in [4.78, 5) is 13.9. The van der Waals surface area contributed by atoms with Crippen molar-refractivity contribution in [3.8, 4) is 0 Å². The fourth-order valence-electron chi connectivity index (χ4n) is 2.56. The SMILES string of the molecule is Cc1nnc(S(=O)(=O)CC(=O)N2CCc3ccccc32)n1C. The van der Waals surface area contributed by atoms with Crippen LogP contribution in [-0.2, 0) is 28.1 Å². The van der Waals surface area contributed by atoms with Gasteiger partial charge in [-0.2, -0.15) is 0 Å². The smallest absolute Gasteiger partial charge is 0.249 e. The monoisotopic (exact) mass is 320 g/mol. The molecule has 1 aliphatic rings. The van der Waals surface area contributed by atoms with Crippen molar-refractivity contribution in [1.29, 1.82) is 0 Å². The number of amides is 1. The number of carbonyl (C=O) groups is 1. The van der Waals surface area contributed by atoms with Crippen molar-refractivity contribution in [2.75, 3.05) is 17.2 Å². The van der Waals surface area contributed by atoms with Crippen LogP contribution in [0.2, 0.25) is 0 Å². The Balaban J connectivity index is 1.85. The Hall–Kier alpha value is -2.22. The number of anilines is 1. The maximum absolute atomic E-state index is 12.4. The van der Waals surface area contributed by atoms with E-state index in [1.54, 1.807) is 14.0 Å². The molecule has 1 aromatic heterocycles. The van der Waals surface area contributed by atoms with Crippen molar-refractivity contribution >= 4 is 21.4 Å². The Kier molecular flexibility index (Phi) is 3.48. The van der Waals surface area contributed by atoms with Gasteiger partial charge in [-0.25, -0.2) is 8.42 Å². The first-order chi connectivity index (χ1) is 10.4. The van der Waals surface area contributed by atoms with Crippen molar-refractivity contribution < 1.29 is 13.2 Å². The second-order valence-electron chi connectivity index (χ2n) is 5.27. The Labute approximate surface area is 128 Å². The van der Waals surface area contributed by atoms with Crippen LogP contribution in [0.4, 0.5) is 5.69 Å². The predicted molar refractivity (Wildman–Crippen MR) is 80.3 cm³/mol. The molecule has 2 heterocycles. The Morgan fingerprint density at radius 1 is 1.27 bits per heavy atom. The molecule has 0 saturated carbocycles. The lowest BCUT2D eigenvalue weighted by Crippen LogP contribution is -2.35. The lowest BCUT2D eigenvalue weighted by Gasteiger charge is -2.17. The summed E-state index contributed by atoms with van der Waals surface area (Å²) in [5, 5.41) is 7.22. The van der Waals surface area contributed by atoms with Crippen LogP contribution < -0.4 is 4.90 Å². The van der Waals surface area contributed by atoms with Gasteiger partial charge in [-0.1, -0.05) is 18.2 Å². The highest BCUT2D eigenvalue weighted by Crippen LogP contribution is 2.27. The summed E-state index contributed by atoms with van der Waals surface area (Å²) in [5.41, 5.74) is 1.85. The first-order valence-corrected chi connectivity index (χ1v) is 8.52. The van der Waals surface area contributed by atoms with Crippen molar-refractivity contribution in [2.24, 2.45) is 7.05 Å². The summed E-state index contributed by atoms with van der Waals surface area (Å²) in [6, 6.07) is 7.53. The zero-order chi connectivity index (χ0) is 15.9. The Morgan fingerprint density at radius 3 is 2.68 bits per heavy atom. The van der Waals surface area contributed by atoms with Gasteiger partial charge in [0.2, 0.25) is 20.9 Å². The molecule has 0 aliphatic carbocycles. The lowest BCUT2D eigenvalue weighted by molar-refractivity contribution is -0.116. The van der Waals surface area contributed by atoms with Gasteiger partial charge in [-0.05, 0) is 25.0 Å². The van der Waals surface area contributed by atoms with E-state index in [-0.39, 0.29) is 5.16 Å². The average Bonchev–Trinajstić information content (AvgIpc) is 3.03. The van der Waals surface area contributed by atoms with Crippen LogP contribution in [0.15, 0.2) is 29.4 Å². The summed E-state index contributed by atoms with van der Waals surface area (Å²) in [7, 11) is -2.24. The van der Waals surface area contributed by atoms with E-state index < -0.39 is 21.5 Å². The summed E-state index contributed by atoms with van der Waals surface area (Å²) in [6.45, 7) is 2.16. The molecule has 0 bridgehead atoms. The number of rotatable bonds is 3. The van der Waals surface area contributed by atoms with Crippen molar-refractivity contribution in [1.82, 2.24) is 14.8 Å². The van der Waals surface area contributed by atoms with E-state index in [9.17, 15) is 13.2 Å². The quantitative estimate of drug-likeness (QED) is 0.821. The third-order valence-corrected chi connectivity index (χ3v) is 5.37. The van der Waals surface area contributed by atoms with Crippen LogP contribution in [0.25, 0.3) is 0 Å². The van der Waals surface area contributed by atoms with Gasteiger partial charge in [0, 0.05) is 19.3 Å². The lowest BCUT2D eigenvalue weighted by atomic mass is 10.2. The van der Waals surface area contributed by atoms with Gasteiger partial charge >= 0.3 is 0 Å². The van der Waals surface area contributed by atoms with Crippen LogP contribution in [0, 0.1) is 6.92 Å². The third kappa shape index (κ3) is 2.39. The minimum absolute atomic E-state index is 0.175. The molecule has 0 fully saturated rings. The molecule has 8 heteroatoms. The van der Waals surface area contributed by atoms with E-state index in [1.165, 1.54) is 9.47 Å². The van der Waals surface area contributed by atoms with Crippen LogP contribution >= 0.6 is 0 Å². The molecule has 0 saturated heterocycles. The number of aromatic nitrogens is 3. The first kappa shape index (κ1) is 14.7. The number of carbonyl (C=O) groups excluding carboxylic acids is 1. The second kappa shape index (κ2) is 5.20. The highest BCUT2D eigenvalue weighted by atomic mass is 32.2. The van der Waals surface area contributed by atoms with Crippen LogP contribution in [-0.4, -0.2) is 41.4 Å². The Morgan fingerprint density at radius 2 is 2.00 bits per heavy atom. The third-order valence-electron chi connectivity index (χ3n) is 3.83. The maximum Gasteiger partial charge on any atom is 0.249 e. The maximum atomic E-state index is 12.4. The van der Waals surface area contributed by atoms with Gasteiger partial charge < -0.3 is 9.47 Å². The van der Waals surface area contributed by atoms with Gasteiger partial charge in [0.05, 0.1) is 0 Å². The van der Waals surface area contributed by atoms with Crippen molar-refractivity contribution in [3.05, 3.63) is 35.7 Å². The van der Waals surface area contributed by atoms with Gasteiger partial charge in [0.25, 0.3) is 0 Å². The summed E-state index contributed by atoms with van der Waals surface area (Å²) in [5.74, 6) is -0.559. The highest BCUT2D eigenvalue weighted by Gasteiger charge is 2.31. The normalized spacial score (nSPS) is 14.2. The minimum Gasteiger partial charge on any atom is -0.311 e. The van der Waals surface area contributed by atoms with E-state index in [1.807, 2.05) is 24.3 Å². The first-order valence-electron chi connectivity index (χ1n) is 6.87. The van der Waals surface area contributed by atoms with E-state index in [0.29, 0.717) is 12.4 Å². The van der Waals surface area contributed by atoms with Gasteiger partial charge in [0.15, 0.2) is 0 Å². The molecule has 22 heavy (non-hydrogen) atoms. The number of hydrogen-bond acceptors (Lipinski definition) is 5. The molecular weight excluding hydrogens is 304 g/mol. The van der Waals surface area contributed by atoms with Gasteiger partial charge in [-0.3, -0.25) is 4.79 Å².